The van der Waals surface area contributed by atoms with Crippen LogP contribution >= 0.6 is 23.2 Å². The molecule has 0 atom stereocenters. The third-order valence-corrected chi connectivity index (χ3v) is 2.79. The molecule has 6 nitrogen and oxygen atoms in total. The van der Waals surface area contributed by atoms with Crippen molar-refractivity contribution in [3.05, 3.63) is 44.1 Å². The van der Waals surface area contributed by atoms with Gasteiger partial charge in [-0.3, -0.25) is 0 Å². The average Bonchev–Trinajstić information content (AvgIpc) is 2.76. The number of alkyl halides is 3. The predicted molar refractivity (Wildman–Crippen MR) is 63.0 cm³/mol. The zero-order valence-corrected chi connectivity index (χ0v) is 10.7. The van der Waals surface area contributed by atoms with Gasteiger partial charge in [-0.05, 0) is 17.1 Å². The summed E-state index contributed by atoms with van der Waals surface area (Å²) in [4.78, 5) is 10.4. The molecule has 1 aromatic carbocycles. The lowest BCUT2D eigenvalue weighted by Crippen LogP contribution is -2.08. The Bertz CT molecular complexity index is 663. The maximum absolute atomic E-state index is 12.5. The predicted octanol–water partition coefficient (Wildman–Crippen LogP) is 3.50. The SMILES string of the molecule is O=[N+]([O-])c1cnn(-c2c(Cl)cc(C(F)(F)F)cc2Cl)n1. The largest absolute Gasteiger partial charge is 0.416 e. The highest BCUT2D eigenvalue weighted by molar-refractivity contribution is 6.37. The molecule has 0 radical (unpaired) electrons. The summed E-state index contributed by atoms with van der Waals surface area (Å²) in [5.74, 6) is -0.586. The minimum atomic E-state index is -4.62. The van der Waals surface area contributed by atoms with Crippen LogP contribution in [0, 0.1) is 10.1 Å². The van der Waals surface area contributed by atoms with Gasteiger partial charge in [-0.25, -0.2) is 0 Å². The van der Waals surface area contributed by atoms with Crippen LogP contribution in [0.5, 0.6) is 0 Å². The monoisotopic (exact) mass is 326 g/mol. The van der Waals surface area contributed by atoms with Crippen LogP contribution in [-0.4, -0.2) is 19.9 Å². The van der Waals surface area contributed by atoms with Gasteiger partial charge < -0.3 is 10.1 Å². The third-order valence-electron chi connectivity index (χ3n) is 2.21. The molecule has 1 heterocycles. The van der Waals surface area contributed by atoms with E-state index in [1.54, 1.807) is 0 Å². The molecule has 0 N–H and O–H groups in total. The molecule has 11 heteroatoms. The first-order valence-corrected chi connectivity index (χ1v) is 5.59. The van der Waals surface area contributed by atoms with E-state index in [9.17, 15) is 23.3 Å². The number of halogens is 5. The molecule has 0 aliphatic carbocycles. The lowest BCUT2D eigenvalue weighted by atomic mass is 10.2. The molecular weight excluding hydrogens is 324 g/mol. The first-order chi connectivity index (χ1) is 9.20. The molecule has 1 aromatic heterocycles. The van der Waals surface area contributed by atoms with Crippen LogP contribution in [0.15, 0.2) is 18.3 Å². The van der Waals surface area contributed by atoms with Crippen molar-refractivity contribution in [2.45, 2.75) is 6.18 Å². The highest BCUT2D eigenvalue weighted by atomic mass is 35.5. The molecule has 0 saturated heterocycles. The molecule has 106 valence electrons. The number of nitrogens with zero attached hydrogens (tertiary/aromatic N) is 4. The van der Waals surface area contributed by atoms with E-state index in [4.69, 9.17) is 23.2 Å². The van der Waals surface area contributed by atoms with Crippen LogP contribution in [0.2, 0.25) is 10.0 Å². The Balaban J connectivity index is 2.55. The summed E-state index contributed by atoms with van der Waals surface area (Å²) in [6.45, 7) is 0. The number of rotatable bonds is 2. The summed E-state index contributed by atoms with van der Waals surface area (Å²) >= 11 is 11.4. The third kappa shape index (κ3) is 2.68. The van der Waals surface area contributed by atoms with Gasteiger partial charge in [0.1, 0.15) is 5.69 Å². The van der Waals surface area contributed by atoms with Gasteiger partial charge in [0.05, 0.1) is 20.7 Å². The molecule has 0 spiro atoms. The van der Waals surface area contributed by atoms with Gasteiger partial charge in [-0.1, -0.05) is 28.0 Å². The van der Waals surface area contributed by atoms with Crippen molar-refractivity contribution >= 4 is 29.0 Å². The summed E-state index contributed by atoms with van der Waals surface area (Å²) in [6.07, 6.45) is -3.79. The number of nitro groups is 1. The van der Waals surface area contributed by atoms with E-state index in [0.717, 1.165) is 6.20 Å². The Hall–Kier alpha value is -1.87. The zero-order chi connectivity index (χ0) is 15.1. The van der Waals surface area contributed by atoms with Gasteiger partial charge in [0.15, 0.2) is 6.20 Å². The van der Waals surface area contributed by atoms with E-state index in [1.807, 2.05) is 0 Å². The van der Waals surface area contributed by atoms with Crippen LogP contribution in [0.1, 0.15) is 5.56 Å². The van der Waals surface area contributed by atoms with Crippen LogP contribution in [0.3, 0.4) is 0 Å². The normalized spacial score (nSPS) is 11.7. The summed E-state index contributed by atoms with van der Waals surface area (Å²) < 4.78 is 37.6. The molecular formula is C9H3Cl2F3N4O2. The minimum Gasteiger partial charge on any atom is -0.358 e. The second-order valence-electron chi connectivity index (χ2n) is 3.54. The molecule has 2 aromatic rings. The van der Waals surface area contributed by atoms with Gasteiger partial charge in [0.2, 0.25) is 0 Å². The number of aromatic nitrogens is 3. The summed E-state index contributed by atoms with van der Waals surface area (Å²) in [5.41, 5.74) is -1.22. The van der Waals surface area contributed by atoms with Gasteiger partial charge >= 0.3 is 12.0 Å². The Morgan fingerprint density at radius 1 is 1.25 bits per heavy atom. The van der Waals surface area contributed by atoms with E-state index in [0.29, 0.717) is 16.9 Å². The second-order valence-corrected chi connectivity index (χ2v) is 4.35. The quantitative estimate of drug-likeness (QED) is 0.625. The fourth-order valence-corrected chi connectivity index (χ4v) is 2.00. The van der Waals surface area contributed by atoms with E-state index in [2.05, 4.69) is 10.2 Å². The van der Waals surface area contributed by atoms with Gasteiger partial charge in [0, 0.05) is 0 Å². The maximum atomic E-state index is 12.5. The fraction of sp³-hybridized carbons (Fsp3) is 0.111. The molecule has 20 heavy (non-hydrogen) atoms. The fourth-order valence-electron chi connectivity index (χ4n) is 1.37. The first-order valence-electron chi connectivity index (χ1n) is 4.83. The van der Waals surface area contributed by atoms with Crippen molar-refractivity contribution in [1.82, 2.24) is 15.0 Å². The first kappa shape index (κ1) is 14.5. The topological polar surface area (TPSA) is 73.8 Å². The highest BCUT2D eigenvalue weighted by Crippen LogP contribution is 2.37. The molecule has 0 amide bonds. The number of hydrogen-bond acceptors (Lipinski definition) is 4. The highest BCUT2D eigenvalue weighted by Gasteiger charge is 2.33. The Morgan fingerprint density at radius 3 is 2.20 bits per heavy atom. The van der Waals surface area contributed by atoms with E-state index in [1.165, 1.54) is 0 Å². The lowest BCUT2D eigenvalue weighted by molar-refractivity contribution is -0.389. The van der Waals surface area contributed by atoms with E-state index >= 15 is 0 Å². The average molecular weight is 327 g/mol. The molecule has 0 fully saturated rings. The van der Waals surface area contributed by atoms with E-state index in [-0.39, 0.29) is 15.7 Å². The zero-order valence-electron chi connectivity index (χ0n) is 9.23. The van der Waals surface area contributed by atoms with Gasteiger partial charge in [-0.2, -0.15) is 13.2 Å². The number of benzene rings is 1. The van der Waals surface area contributed by atoms with Crippen molar-refractivity contribution in [2.24, 2.45) is 0 Å². The maximum Gasteiger partial charge on any atom is 0.416 e. The van der Waals surface area contributed by atoms with Crippen molar-refractivity contribution in [1.29, 1.82) is 0 Å². The van der Waals surface area contributed by atoms with Gasteiger partial charge in [0.25, 0.3) is 0 Å². The molecule has 0 aliphatic heterocycles. The summed E-state index contributed by atoms with van der Waals surface area (Å²) in [5, 5.41) is 16.7. The molecule has 0 bridgehead atoms. The summed E-state index contributed by atoms with van der Waals surface area (Å²) in [6, 6.07) is 1.27. The minimum absolute atomic E-state index is 0.172. The standard InChI is InChI=1S/C9H3Cl2F3N4O2/c10-5-1-4(9(12,13)14)2-6(11)8(5)17-15-3-7(16-17)18(19)20/h1-3H. The van der Waals surface area contributed by atoms with Crippen molar-refractivity contribution < 1.29 is 18.1 Å². The molecule has 0 unspecified atom stereocenters. The smallest absolute Gasteiger partial charge is 0.358 e. The van der Waals surface area contributed by atoms with Crippen molar-refractivity contribution in [3.63, 3.8) is 0 Å². The van der Waals surface area contributed by atoms with Gasteiger partial charge in [-0.15, -0.1) is 5.10 Å². The molecule has 2 rings (SSSR count). The Kier molecular flexibility index (Phi) is 3.57. The number of hydrogen-bond donors (Lipinski definition) is 0. The van der Waals surface area contributed by atoms with Crippen LogP contribution in [0.4, 0.5) is 19.0 Å². The van der Waals surface area contributed by atoms with Crippen molar-refractivity contribution in [2.75, 3.05) is 0 Å². The van der Waals surface area contributed by atoms with Crippen LogP contribution < -0.4 is 0 Å². The van der Waals surface area contributed by atoms with Crippen molar-refractivity contribution in [3.8, 4) is 5.69 Å². The van der Waals surface area contributed by atoms with Crippen LogP contribution in [0.25, 0.3) is 5.69 Å². The summed E-state index contributed by atoms with van der Waals surface area (Å²) in [7, 11) is 0. The van der Waals surface area contributed by atoms with E-state index < -0.39 is 22.5 Å². The second kappa shape index (κ2) is 4.91. The Morgan fingerprint density at radius 2 is 1.80 bits per heavy atom. The lowest BCUT2D eigenvalue weighted by Gasteiger charge is -2.09. The van der Waals surface area contributed by atoms with Crippen LogP contribution in [-0.2, 0) is 6.18 Å². The molecule has 0 aliphatic rings. The Labute approximate surface area is 118 Å². The molecule has 0 saturated carbocycles.